The lowest BCUT2D eigenvalue weighted by Crippen LogP contribution is -2.20. The SMILES string of the molecule is O=C(COc1ccc(Cl)cc1Cl)Nc1ccc(C(=O)Nc2cccc(C(F)(F)F)c2)cc1. The first kappa shape index (κ1) is 23.4. The van der Waals surface area contributed by atoms with Crippen molar-refractivity contribution in [1.82, 2.24) is 0 Å². The molecule has 0 aliphatic heterocycles. The van der Waals surface area contributed by atoms with E-state index in [0.29, 0.717) is 16.5 Å². The lowest BCUT2D eigenvalue weighted by atomic mass is 10.1. The van der Waals surface area contributed by atoms with Crippen LogP contribution in [0.1, 0.15) is 15.9 Å². The molecule has 0 fully saturated rings. The van der Waals surface area contributed by atoms with E-state index in [-0.39, 0.29) is 22.9 Å². The van der Waals surface area contributed by atoms with Gasteiger partial charge in [-0.2, -0.15) is 13.2 Å². The van der Waals surface area contributed by atoms with E-state index in [1.54, 1.807) is 6.07 Å². The largest absolute Gasteiger partial charge is 0.482 e. The molecule has 10 heteroatoms. The third kappa shape index (κ3) is 6.38. The predicted octanol–water partition coefficient (Wildman–Crippen LogP) is 6.28. The Morgan fingerprint density at radius 3 is 2.25 bits per heavy atom. The maximum Gasteiger partial charge on any atom is 0.416 e. The predicted molar refractivity (Wildman–Crippen MR) is 116 cm³/mol. The second-order valence-corrected chi connectivity index (χ2v) is 7.37. The van der Waals surface area contributed by atoms with E-state index >= 15 is 0 Å². The van der Waals surface area contributed by atoms with Crippen LogP contribution >= 0.6 is 23.2 Å². The molecule has 0 aliphatic carbocycles. The zero-order valence-electron chi connectivity index (χ0n) is 16.2. The average molecular weight is 483 g/mol. The molecule has 0 aliphatic rings. The fourth-order valence-electron chi connectivity index (χ4n) is 2.61. The molecule has 2 amide bonds. The fraction of sp³-hybridized carbons (Fsp3) is 0.0909. The average Bonchev–Trinajstić information content (AvgIpc) is 2.73. The van der Waals surface area contributed by atoms with Crippen LogP contribution < -0.4 is 15.4 Å². The normalized spacial score (nSPS) is 11.0. The van der Waals surface area contributed by atoms with Gasteiger partial charge in [-0.1, -0.05) is 29.3 Å². The Balaban J connectivity index is 1.56. The van der Waals surface area contributed by atoms with Crippen LogP contribution in [0.3, 0.4) is 0 Å². The van der Waals surface area contributed by atoms with Crippen LogP contribution in [-0.4, -0.2) is 18.4 Å². The minimum absolute atomic E-state index is 0.0141. The Morgan fingerprint density at radius 1 is 0.875 bits per heavy atom. The highest BCUT2D eigenvalue weighted by atomic mass is 35.5. The second-order valence-electron chi connectivity index (χ2n) is 6.52. The molecule has 3 aromatic carbocycles. The van der Waals surface area contributed by atoms with Gasteiger partial charge in [0.25, 0.3) is 11.8 Å². The van der Waals surface area contributed by atoms with Gasteiger partial charge in [0.05, 0.1) is 10.6 Å². The van der Waals surface area contributed by atoms with E-state index in [0.717, 1.165) is 12.1 Å². The molecule has 32 heavy (non-hydrogen) atoms. The molecule has 0 spiro atoms. The highest BCUT2D eigenvalue weighted by Gasteiger charge is 2.30. The van der Waals surface area contributed by atoms with E-state index in [2.05, 4.69) is 10.6 Å². The van der Waals surface area contributed by atoms with Crippen LogP contribution in [0.5, 0.6) is 5.75 Å². The van der Waals surface area contributed by atoms with E-state index in [1.165, 1.54) is 48.5 Å². The van der Waals surface area contributed by atoms with Gasteiger partial charge in [0.15, 0.2) is 6.61 Å². The summed E-state index contributed by atoms with van der Waals surface area (Å²) in [4.78, 5) is 24.4. The summed E-state index contributed by atoms with van der Waals surface area (Å²) in [6.45, 7) is -0.306. The Morgan fingerprint density at radius 2 is 1.59 bits per heavy atom. The molecule has 0 atom stereocenters. The van der Waals surface area contributed by atoms with Crippen LogP contribution in [0, 0.1) is 0 Å². The lowest BCUT2D eigenvalue weighted by molar-refractivity contribution is -0.137. The fourth-order valence-corrected chi connectivity index (χ4v) is 3.08. The van der Waals surface area contributed by atoms with Gasteiger partial charge in [0, 0.05) is 22.0 Å². The van der Waals surface area contributed by atoms with E-state index in [4.69, 9.17) is 27.9 Å². The molecule has 0 bridgehead atoms. The summed E-state index contributed by atoms with van der Waals surface area (Å²) in [6.07, 6.45) is -4.51. The van der Waals surface area contributed by atoms with Gasteiger partial charge in [0.2, 0.25) is 0 Å². The van der Waals surface area contributed by atoms with Crippen molar-refractivity contribution in [3.8, 4) is 5.75 Å². The number of carbonyl (C=O) groups is 2. The van der Waals surface area contributed by atoms with Crippen LogP contribution in [0.25, 0.3) is 0 Å². The monoisotopic (exact) mass is 482 g/mol. The van der Waals surface area contributed by atoms with Crippen molar-refractivity contribution < 1.29 is 27.5 Å². The minimum atomic E-state index is -4.51. The third-order valence-electron chi connectivity index (χ3n) is 4.13. The third-order valence-corrected chi connectivity index (χ3v) is 4.66. The summed E-state index contributed by atoms with van der Waals surface area (Å²) < 4.78 is 43.7. The summed E-state index contributed by atoms with van der Waals surface area (Å²) in [5, 5.41) is 5.70. The molecular weight excluding hydrogens is 468 g/mol. The van der Waals surface area contributed by atoms with E-state index < -0.39 is 23.6 Å². The summed E-state index contributed by atoms with van der Waals surface area (Å²) in [6, 6.07) is 14.7. The highest BCUT2D eigenvalue weighted by molar-refractivity contribution is 6.35. The Kier molecular flexibility index (Phi) is 7.27. The number of amides is 2. The van der Waals surface area contributed by atoms with Gasteiger partial charge in [-0.25, -0.2) is 0 Å². The van der Waals surface area contributed by atoms with Gasteiger partial charge in [0.1, 0.15) is 5.75 Å². The number of hydrogen-bond acceptors (Lipinski definition) is 3. The molecule has 0 saturated heterocycles. The first-order valence-electron chi connectivity index (χ1n) is 9.08. The number of alkyl halides is 3. The molecule has 0 heterocycles. The first-order chi connectivity index (χ1) is 15.1. The van der Waals surface area contributed by atoms with Crippen LogP contribution in [-0.2, 0) is 11.0 Å². The van der Waals surface area contributed by atoms with Crippen LogP contribution in [0.4, 0.5) is 24.5 Å². The quantitative estimate of drug-likeness (QED) is 0.434. The van der Waals surface area contributed by atoms with Gasteiger partial charge in [-0.15, -0.1) is 0 Å². The molecule has 5 nitrogen and oxygen atoms in total. The maximum absolute atomic E-state index is 12.8. The van der Waals surface area contributed by atoms with Crippen molar-refractivity contribution >= 4 is 46.4 Å². The summed E-state index contributed by atoms with van der Waals surface area (Å²) >= 11 is 11.8. The second kappa shape index (κ2) is 9.93. The standard InChI is InChI=1S/C22H15Cl2F3N2O3/c23-15-6-9-19(18(24)11-15)32-12-20(30)28-16-7-4-13(5-8-16)21(31)29-17-3-1-2-14(10-17)22(25,26)27/h1-11H,12H2,(H,28,30)(H,29,31). The van der Waals surface area contributed by atoms with Crippen molar-refractivity contribution in [2.75, 3.05) is 17.2 Å². The van der Waals surface area contributed by atoms with Crippen LogP contribution in [0.2, 0.25) is 10.0 Å². The number of anilines is 2. The highest BCUT2D eigenvalue weighted by Crippen LogP contribution is 2.31. The number of halogens is 5. The molecule has 166 valence electrons. The number of rotatable bonds is 6. The molecule has 2 N–H and O–H groups in total. The van der Waals surface area contributed by atoms with Gasteiger partial charge in [-0.3, -0.25) is 9.59 Å². The van der Waals surface area contributed by atoms with Gasteiger partial charge >= 0.3 is 6.18 Å². The van der Waals surface area contributed by atoms with E-state index in [9.17, 15) is 22.8 Å². The molecular formula is C22H15Cl2F3N2O3. The maximum atomic E-state index is 12.8. The molecule has 3 aromatic rings. The summed E-state index contributed by atoms with van der Waals surface area (Å²) in [7, 11) is 0. The Bertz CT molecular complexity index is 1140. The Labute approximate surface area is 191 Å². The number of ether oxygens (including phenoxy) is 1. The van der Waals surface area contributed by atoms with E-state index in [1.807, 2.05) is 0 Å². The molecule has 3 rings (SSSR count). The van der Waals surface area contributed by atoms with Gasteiger partial charge < -0.3 is 15.4 Å². The topological polar surface area (TPSA) is 67.4 Å². The van der Waals surface area contributed by atoms with Crippen molar-refractivity contribution in [2.24, 2.45) is 0 Å². The summed E-state index contributed by atoms with van der Waals surface area (Å²) in [5.74, 6) is -0.757. The number of hydrogen-bond donors (Lipinski definition) is 2. The molecule has 0 radical (unpaired) electrons. The van der Waals surface area contributed by atoms with Crippen molar-refractivity contribution in [2.45, 2.75) is 6.18 Å². The van der Waals surface area contributed by atoms with Crippen molar-refractivity contribution in [3.63, 3.8) is 0 Å². The smallest absolute Gasteiger partial charge is 0.416 e. The Hall–Kier alpha value is -3.23. The van der Waals surface area contributed by atoms with Crippen LogP contribution in [0.15, 0.2) is 66.7 Å². The number of benzene rings is 3. The zero-order valence-corrected chi connectivity index (χ0v) is 17.7. The zero-order chi connectivity index (χ0) is 23.3. The minimum Gasteiger partial charge on any atom is -0.482 e. The first-order valence-corrected chi connectivity index (χ1v) is 9.84. The van der Waals surface area contributed by atoms with Gasteiger partial charge in [-0.05, 0) is 60.7 Å². The molecule has 0 unspecified atom stereocenters. The molecule has 0 saturated carbocycles. The van der Waals surface area contributed by atoms with Crippen molar-refractivity contribution in [1.29, 1.82) is 0 Å². The number of carbonyl (C=O) groups excluding carboxylic acids is 2. The van der Waals surface area contributed by atoms with Crippen molar-refractivity contribution in [3.05, 3.63) is 87.9 Å². The lowest BCUT2D eigenvalue weighted by Gasteiger charge is -2.11. The molecule has 0 aromatic heterocycles. The number of nitrogens with one attached hydrogen (secondary N) is 2. The summed E-state index contributed by atoms with van der Waals surface area (Å²) in [5.41, 5.74) is -0.253.